The summed E-state index contributed by atoms with van der Waals surface area (Å²) in [5.41, 5.74) is 7.94. The molecule has 0 aliphatic carbocycles. The number of nitrogens with zero attached hydrogens (tertiary/aromatic N) is 2. The molecule has 140 valence electrons. The van der Waals surface area contributed by atoms with E-state index in [4.69, 9.17) is 5.73 Å². The Hall–Kier alpha value is -1.74. The summed E-state index contributed by atoms with van der Waals surface area (Å²) in [7, 11) is -4.47. The molecule has 3 N–H and O–H groups in total. The van der Waals surface area contributed by atoms with Crippen LogP contribution in [0.2, 0.25) is 0 Å². The minimum Gasteiger partial charge on any atom is -0.370 e. The highest BCUT2D eigenvalue weighted by Gasteiger charge is 2.34. The number of hydrogen-bond donors (Lipinski definition) is 2. The van der Waals surface area contributed by atoms with Gasteiger partial charge in [0.2, 0.25) is 0 Å². The average molecular weight is 374 g/mol. The molecule has 0 bridgehead atoms. The van der Waals surface area contributed by atoms with Crippen LogP contribution in [-0.2, 0) is 16.4 Å². The molecule has 0 radical (unpaired) electrons. The number of hydrogen-bond acceptors (Lipinski definition) is 3. The molecule has 6 nitrogen and oxygen atoms in total. The lowest BCUT2D eigenvalue weighted by Gasteiger charge is -2.30. The maximum absolute atomic E-state index is 12.5. The molecular weight excluding hydrogens is 350 g/mol. The largest absolute Gasteiger partial charge is 0.370 e. The third-order valence-electron chi connectivity index (χ3n) is 4.31. The number of aryl methyl sites for hydroxylation is 1. The molecule has 0 aromatic heterocycles. The molecule has 1 aromatic carbocycles. The van der Waals surface area contributed by atoms with Gasteiger partial charge >= 0.3 is 5.76 Å². The Balaban J connectivity index is 1.82. The van der Waals surface area contributed by atoms with Crippen molar-refractivity contribution in [2.45, 2.75) is 31.9 Å². The van der Waals surface area contributed by atoms with Crippen LogP contribution in [0, 0.1) is 5.92 Å². The van der Waals surface area contributed by atoms with E-state index in [9.17, 15) is 17.2 Å². The van der Waals surface area contributed by atoms with Gasteiger partial charge in [-0.1, -0.05) is 19.1 Å². The van der Waals surface area contributed by atoms with Gasteiger partial charge in [-0.25, -0.2) is 8.42 Å². The first kappa shape index (κ1) is 19.6. The van der Waals surface area contributed by atoms with E-state index in [0.717, 1.165) is 16.4 Å². The molecule has 1 aliphatic heterocycles. The van der Waals surface area contributed by atoms with E-state index in [0.29, 0.717) is 19.4 Å². The van der Waals surface area contributed by atoms with Crippen molar-refractivity contribution in [1.29, 1.82) is 0 Å². The number of alkyl halides is 2. The van der Waals surface area contributed by atoms with Crippen LogP contribution in [0.5, 0.6) is 0 Å². The third kappa shape index (κ3) is 5.37. The first-order chi connectivity index (χ1) is 11.8. The van der Waals surface area contributed by atoms with Crippen molar-refractivity contribution in [1.82, 2.24) is 4.31 Å². The standard InChI is InChI=1S/C16H24F2N4O2S/c1-2-12-3-5-14(6-4-12)21-16(19)20-11-13-7-9-22(10-8-13)25(23,24)15(17)18/h3-6,13,15H,2,7-11H2,1H3,(H3,19,20,21). The van der Waals surface area contributed by atoms with Crippen LogP contribution in [-0.4, -0.2) is 44.1 Å². The number of aliphatic imine (C=N–C) groups is 1. The molecule has 1 aromatic rings. The van der Waals surface area contributed by atoms with E-state index in [1.165, 1.54) is 5.56 Å². The Morgan fingerprint density at radius 1 is 1.32 bits per heavy atom. The molecule has 1 saturated heterocycles. The van der Waals surface area contributed by atoms with Crippen molar-refractivity contribution in [2.24, 2.45) is 16.6 Å². The summed E-state index contributed by atoms with van der Waals surface area (Å²) in [6, 6.07) is 7.87. The zero-order chi connectivity index (χ0) is 18.4. The Kier molecular flexibility index (Phi) is 6.71. The molecular formula is C16H24F2N4O2S. The van der Waals surface area contributed by atoms with Crippen LogP contribution in [0.3, 0.4) is 0 Å². The van der Waals surface area contributed by atoms with Crippen molar-refractivity contribution < 1.29 is 17.2 Å². The summed E-state index contributed by atoms with van der Waals surface area (Å²) in [5.74, 6) is -2.94. The highest BCUT2D eigenvalue weighted by Crippen LogP contribution is 2.22. The van der Waals surface area contributed by atoms with Gasteiger partial charge < -0.3 is 11.1 Å². The number of rotatable bonds is 6. The Labute approximate surface area is 147 Å². The van der Waals surface area contributed by atoms with Gasteiger partial charge in [0.1, 0.15) is 0 Å². The molecule has 0 saturated carbocycles. The number of nitrogens with two attached hydrogens (primary N) is 1. The molecule has 2 rings (SSSR count). The smallest absolute Gasteiger partial charge is 0.350 e. The molecule has 9 heteroatoms. The van der Waals surface area contributed by atoms with E-state index < -0.39 is 15.8 Å². The summed E-state index contributed by atoms with van der Waals surface area (Å²) in [4.78, 5) is 4.28. The summed E-state index contributed by atoms with van der Waals surface area (Å²) >= 11 is 0. The second-order valence-electron chi connectivity index (χ2n) is 6.05. The van der Waals surface area contributed by atoms with Gasteiger partial charge in [-0.15, -0.1) is 0 Å². The van der Waals surface area contributed by atoms with Crippen LogP contribution in [0.1, 0.15) is 25.3 Å². The van der Waals surface area contributed by atoms with Crippen LogP contribution in [0.4, 0.5) is 14.5 Å². The maximum Gasteiger partial charge on any atom is 0.350 e. The van der Waals surface area contributed by atoms with Crippen LogP contribution < -0.4 is 11.1 Å². The quantitative estimate of drug-likeness (QED) is 0.590. The molecule has 0 atom stereocenters. The topological polar surface area (TPSA) is 87.8 Å². The third-order valence-corrected chi connectivity index (χ3v) is 5.85. The fraction of sp³-hybridized carbons (Fsp3) is 0.562. The monoisotopic (exact) mass is 374 g/mol. The highest BCUT2D eigenvalue weighted by atomic mass is 32.2. The lowest BCUT2D eigenvalue weighted by atomic mass is 9.98. The second kappa shape index (κ2) is 8.57. The van der Waals surface area contributed by atoms with E-state index in [1.54, 1.807) is 0 Å². The van der Waals surface area contributed by atoms with Gasteiger partial charge in [-0.05, 0) is 42.9 Å². The van der Waals surface area contributed by atoms with Crippen molar-refractivity contribution in [3.63, 3.8) is 0 Å². The molecule has 1 fully saturated rings. The van der Waals surface area contributed by atoms with Gasteiger partial charge in [0.25, 0.3) is 10.0 Å². The molecule has 0 amide bonds. The fourth-order valence-corrected chi connectivity index (χ4v) is 3.64. The average Bonchev–Trinajstić information content (AvgIpc) is 2.61. The lowest BCUT2D eigenvalue weighted by Crippen LogP contribution is -2.41. The molecule has 0 unspecified atom stereocenters. The van der Waals surface area contributed by atoms with Gasteiger partial charge in [0.05, 0.1) is 0 Å². The molecule has 1 heterocycles. The molecule has 0 spiro atoms. The van der Waals surface area contributed by atoms with E-state index >= 15 is 0 Å². The highest BCUT2D eigenvalue weighted by molar-refractivity contribution is 7.89. The summed E-state index contributed by atoms with van der Waals surface area (Å²) in [5, 5.41) is 3.00. The van der Waals surface area contributed by atoms with Crippen molar-refractivity contribution >= 4 is 21.7 Å². The first-order valence-electron chi connectivity index (χ1n) is 8.26. The first-order valence-corrected chi connectivity index (χ1v) is 9.76. The Morgan fingerprint density at radius 2 is 1.92 bits per heavy atom. The Bertz CT molecular complexity index is 685. The van der Waals surface area contributed by atoms with Gasteiger partial charge in [-0.2, -0.15) is 13.1 Å². The second-order valence-corrected chi connectivity index (χ2v) is 7.95. The number of benzene rings is 1. The normalized spacial score (nSPS) is 17.8. The van der Waals surface area contributed by atoms with Crippen molar-refractivity contribution in [2.75, 3.05) is 25.0 Å². The predicted molar refractivity (Wildman–Crippen MR) is 95.2 cm³/mol. The summed E-state index contributed by atoms with van der Waals surface area (Å²) in [6.07, 6.45) is 1.95. The summed E-state index contributed by atoms with van der Waals surface area (Å²) < 4.78 is 48.8. The van der Waals surface area contributed by atoms with Crippen molar-refractivity contribution in [3.8, 4) is 0 Å². The number of piperidine rings is 1. The van der Waals surface area contributed by atoms with Gasteiger partial charge in [0, 0.05) is 25.3 Å². The number of anilines is 1. The van der Waals surface area contributed by atoms with Gasteiger partial charge in [0.15, 0.2) is 5.96 Å². The maximum atomic E-state index is 12.5. The molecule has 1 aliphatic rings. The zero-order valence-corrected chi connectivity index (χ0v) is 15.0. The van der Waals surface area contributed by atoms with E-state index in [2.05, 4.69) is 17.2 Å². The van der Waals surface area contributed by atoms with E-state index in [-0.39, 0.29) is 25.0 Å². The zero-order valence-electron chi connectivity index (χ0n) is 14.2. The molecule has 25 heavy (non-hydrogen) atoms. The Morgan fingerprint density at radius 3 is 2.44 bits per heavy atom. The minimum atomic E-state index is -4.47. The number of guanidine groups is 1. The number of sulfonamides is 1. The van der Waals surface area contributed by atoms with E-state index in [1.807, 2.05) is 24.3 Å². The number of nitrogens with one attached hydrogen (secondary N) is 1. The van der Waals surface area contributed by atoms with Crippen LogP contribution >= 0.6 is 0 Å². The lowest BCUT2D eigenvalue weighted by molar-refractivity contribution is 0.205. The van der Waals surface area contributed by atoms with Crippen LogP contribution in [0.25, 0.3) is 0 Å². The summed E-state index contributed by atoms with van der Waals surface area (Å²) in [6.45, 7) is 2.71. The van der Waals surface area contributed by atoms with Crippen LogP contribution in [0.15, 0.2) is 29.3 Å². The number of halogens is 2. The SMILES string of the molecule is CCc1ccc(NC(N)=NCC2CCN(S(=O)(=O)C(F)F)CC2)cc1. The van der Waals surface area contributed by atoms with Gasteiger partial charge in [-0.3, -0.25) is 4.99 Å². The predicted octanol–water partition coefficient (Wildman–Crippen LogP) is 2.24. The van der Waals surface area contributed by atoms with Crippen molar-refractivity contribution in [3.05, 3.63) is 29.8 Å². The fourth-order valence-electron chi connectivity index (χ4n) is 2.70. The minimum absolute atomic E-state index is 0.0959.